The van der Waals surface area contributed by atoms with Crippen molar-refractivity contribution in [2.24, 2.45) is 12.8 Å². The highest BCUT2D eigenvalue weighted by Crippen LogP contribution is 2.35. The third kappa shape index (κ3) is 21.2. The van der Waals surface area contributed by atoms with Crippen LogP contribution in [0.3, 0.4) is 0 Å². The van der Waals surface area contributed by atoms with Gasteiger partial charge >= 0.3 is 51.7 Å². The van der Waals surface area contributed by atoms with Crippen LogP contribution in [0, 0.1) is 73.6 Å². The first kappa shape index (κ1) is 83.3. The Labute approximate surface area is 633 Å². The first-order valence-corrected chi connectivity index (χ1v) is 34.4. The summed E-state index contributed by atoms with van der Waals surface area (Å²) in [5.74, 6) is 1.93. The number of nitrogens with one attached hydrogen (secondary N) is 4. The van der Waals surface area contributed by atoms with Gasteiger partial charge in [0.2, 0.25) is 5.76 Å². The summed E-state index contributed by atoms with van der Waals surface area (Å²) >= 11 is 0. The van der Waals surface area contributed by atoms with E-state index >= 15 is 0 Å². The molecule has 28 nitrogen and oxygen atoms in total. The van der Waals surface area contributed by atoms with Gasteiger partial charge in [-0.15, -0.1) is 0 Å². The van der Waals surface area contributed by atoms with E-state index in [0.717, 1.165) is 150 Å². The number of ether oxygens (including phenoxy) is 3. The molecule has 113 heavy (non-hydrogen) atoms. The van der Waals surface area contributed by atoms with Gasteiger partial charge in [-0.05, 0) is 141 Å². The van der Waals surface area contributed by atoms with E-state index in [-0.39, 0.29) is 55.4 Å². The Kier molecular flexibility index (Phi) is 26.7. The van der Waals surface area contributed by atoms with Crippen LogP contribution in [0.15, 0.2) is 186 Å². The minimum absolute atomic E-state index is 0.0572. The number of hydrogen-bond acceptors (Lipinski definition) is 22. The quantitative estimate of drug-likeness (QED) is 0.0953. The monoisotopic (exact) mass is 1570 g/mol. The molecule has 1 aromatic carbocycles. The number of benzene rings is 1. The third-order valence-electron chi connectivity index (χ3n) is 16.9. The SMILES string of the molecule is Cc1cc(=O)n(C)c2c1OCCC2.Cc1cc(=O)oc2c1OCCC2.Cc1cc(=O)oc2c1OCCC2.Cc1cc(=O)oc2ccncc12.Cc1cc2c(=O)oc(C(F)(F)F)cc2[nH]1.Cc1cc2c(=O)occ(C(F)(F)F)c2[nH]1.Cc1cc2c(=O)occ(C(N)=O)c2[nH]1.Cc1cc2c(=O)ocnc2[nH]1.Cc1ccccc1C#N. The minimum atomic E-state index is -4.65. The second-order valence-electron chi connectivity index (χ2n) is 25.7. The molecule has 13 aromatic heterocycles. The number of nitrogens with zero attached hydrogens (tertiary/aromatic N) is 4. The number of alkyl halides is 6. The lowest BCUT2D eigenvalue weighted by atomic mass is 10.1. The van der Waals surface area contributed by atoms with Gasteiger partial charge in [0.25, 0.3) is 11.5 Å². The number of H-pyrrole nitrogens is 4. The van der Waals surface area contributed by atoms with E-state index < -0.39 is 46.5 Å². The molecule has 3 aliphatic heterocycles. The van der Waals surface area contributed by atoms with Crippen molar-refractivity contribution in [3.05, 3.63) is 290 Å². The molecule has 0 bridgehead atoms. The van der Waals surface area contributed by atoms with Crippen LogP contribution in [0.1, 0.15) is 114 Å². The summed E-state index contributed by atoms with van der Waals surface area (Å²) in [6.45, 7) is 18.5. The molecule has 0 radical (unpaired) electrons. The van der Waals surface area contributed by atoms with Crippen molar-refractivity contribution in [3.8, 4) is 23.3 Å². The molecular formula is C79H73F6N9O19. The predicted molar refractivity (Wildman–Crippen MR) is 401 cm³/mol. The lowest BCUT2D eigenvalue weighted by Crippen LogP contribution is -2.24. The molecule has 6 N–H and O–H groups in total. The number of aromatic amines is 4. The van der Waals surface area contributed by atoms with Crippen molar-refractivity contribution in [2.75, 3.05) is 19.8 Å². The number of fused-ring (bicyclic) bond motifs is 8. The van der Waals surface area contributed by atoms with E-state index in [1.165, 1.54) is 30.3 Å². The van der Waals surface area contributed by atoms with Gasteiger partial charge in [0.1, 0.15) is 40.5 Å². The molecule has 590 valence electrons. The molecule has 0 saturated heterocycles. The summed E-state index contributed by atoms with van der Waals surface area (Å²) in [5, 5.41) is 10.2. The number of aromatic nitrogens is 7. The second kappa shape index (κ2) is 36.2. The van der Waals surface area contributed by atoms with Gasteiger partial charge in [-0.2, -0.15) is 31.6 Å². The largest absolute Gasteiger partial charge is 0.491 e. The summed E-state index contributed by atoms with van der Waals surface area (Å²) in [6.07, 6.45) is 2.19. The zero-order valence-corrected chi connectivity index (χ0v) is 62.2. The maximum Gasteiger partial charge on any atom is 0.449 e. The second-order valence-corrected chi connectivity index (χ2v) is 25.7. The first-order chi connectivity index (χ1) is 53.5. The first-order valence-electron chi connectivity index (χ1n) is 34.4. The molecule has 1 amide bonds. The molecule has 0 saturated carbocycles. The van der Waals surface area contributed by atoms with E-state index in [4.69, 9.17) is 38.5 Å². The van der Waals surface area contributed by atoms with Crippen LogP contribution >= 0.6 is 0 Å². The number of halogens is 6. The maximum atomic E-state index is 12.5. The lowest BCUT2D eigenvalue weighted by Gasteiger charge is -2.21. The number of primary amides is 1. The molecule has 17 rings (SSSR count). The third-order valence-corrected chi connectivity index (χ3v) is 16.9. The average molecular weight is 1570 g/mol. The summed E-state index contributed by atoms with van der Waals surface area (Å²) < 4.78 is 125. The van der Waals surface area contributed by atoms with E-state index in [1.54, 1.807) is 69.0 Å². The minimum Gasteiger partial charge on any atom is -0.491 e. The van der Waals surface area contributed by atoms with Crippen LogP contribution in [-0.2, 0) is 38.7 Å². The van der Waals surface area contributed by atoms with E-state index in [2.05, 4.69) is 53.6 Å². The van der Waals surface area contributed by atoms with Crippen LogP contribution in [0.2, 0.25) is 0 Å². The van der Waals surface area contributed by atoms with Crippen molar-refractivity contribution in [3.63, 3.8) is 0 Å². The van der Waals surface area contributed by atoms with Crippen molar-refractivity contribution in [1.82, 2.24) is 34.5 Å². The zero-order valence-electron chi connectivity index (χ0n) is 62.2. The number of carbonyl (C=O) groups excluding carboxylic acids is 1. The zero-order chi connectivity index (χ0) is 82.3. The van der Waals surface area contributed by atoms with Crippen LogP contribution < -0.4 is 64.9 Å². The van der Waals surface area contributed by atoms with Crippen LogP contribution in [0.5, 0.6) is 17.2 Å². The van der Waals surface area contributed by atoms with E-state index in [0.29, 0.717) is 56.7 Å². The molecule has 34 heteroatoms. The van der Waals surface area contributed by atoms with Crippen LogP contribution in [0.25, 0.3) is 54.7 Å². The molecule has 0 spiro atoms. The Morgan fingerprint density at radius 3 is 1.61 bits per heavy atom. The Morgan fingerprint density at radius 2 is 1.04 bits per heavy atom. The van der Waals surface area contributed by atoms with Gasteiger partial charge in [-0.3, -0.25) is 14.6 Å². The van der Waals surface area contributed by atoms with Gasteiger partial charge in [0.05, 0.1) is 75.4 Å². The van der Waals surface area contributed by atoms with Crippen molar-refractivity contribution in [1.29, 1.82) is 5.26 Å². The molecule has 14 aromatic rings. The number of nitrogens with two attached hydrogens (primary N) is 1. The van der Waals surface area contributed by atoms with Crippen LogP contribution in [0.4, 0.5) is 26.3 Å². The normalized spacial score (nSPS) is 12.3. The number of nitriles is 1. The maximum absolute atomic E-state index is 12.5. The topological polar surface area (TPSA) is 417 Å². The lowest BCUT2D eigenvalue weighted by molar-refractivity contribution is -0.154. The number of carbonyl (C=O) groups is 1. The number of rotatable bonds is 1. The number of hydrogen-bond donors (Lipinski definition) is 5. The fraction of sp³-hybridized carbons (Fsp3) is 0.266. The molecule has 0 atom stereocenters. The molecule has 0 fully saturated rings. The summed E-state index contributed by atoms with van der Waals surface area (Å²) in [7, 11) is 1.80. The van der Waals surface area contributed by atoms with Gasteiger partial charge in [0, 0.05) is 102 Å². The van der Waals surface area contributed by atoms with Gasteiger partial charge in [-0.25, -0.2) is 38.5 Å². The fourth-order valence-corrected chi connectivity index (χ4v) is 11.6. The van der Waals surface area contributed by atoms with Gasteiger partial charge in [-0.1, -0.05) is 18.2 Å². The number of amides is 1. The molecule has 0 aliphatic carbocycles. The fourth-order valence-electron chi connectivity index (χ4n) is 11.6. The Hall–Kier alpha value is -13.7. The van der Waals surface area contributed by atoms with Gasteiger partial charge in [0.15, 0.2) is 29.4 Å². The molecule has 0 unspecified atom stereocenters. The van der Waals surface area contributed by atoms with Crippen LogP contribution in [-0.4, -0.2) is 60.2 Å². The van der Waals surface area contributed by atoms with Crippen molar-refractivity contribution < 1.29 is 76.3 Å². The van der Waals surface area contributed by atoms with E-state index in [1.807, 2.05) is 65.8 Å². The Balaban J connectivity index is 0.000000146. The molecular weight excluding hydrogens is 1490 g/mol. The summed E-state index contributed by atoms with van der Waals surface area (Å²) in [5.41, 5.74) is 11.7. The van der Waals surface area contributed by atoms with Gasteiger partial charge < -0.3 is 75.4 Å². The highest BCUT2D eigenvalue weighted by molar-refractivity contribution is 6.04. The highest BCUT2D eigenvalue weighted by Gasteiger charge is 2.36. The number of aryl methyl sites for hydroxylation is 11. The number of pyridine rings is 2. The summed E-state index contributed by atoms with van der Waals surface area (Å²) in [4.78, 5) is 118. The van der Waals surface area contributed by atoms with Crippen molar-refractivity contribution in [2.45, 2.75) is 113 Å². The van der Waals surface area contributed by atoms with E-state index in [9.17, 15) is 69.5 Å². The molecule has 3 aliphatic rings. The Morgan fingerprint density at radius 1 is 0.522 bits per heavy atom. The average Bonchev–Trinajstić information content (AvgIpc) is 1.46. The predicted octanol–water partition coefficient (Wildman–Crippen LogP) is 13.2. The van der Waals surface area contributed by atoms with Crippen molar-refractivity contribution >= 4 is 60.6 Å². The standard InChI is InChI=1S/C10H13NO2.2C9H6F3NO2.C9H8N2O3.C9H7NO2.2C9H10O3.C8H7N.C7H6N2O2/c1-7-6-9(12)11(2)8-4-3-5-13-10(7)8;1-4-2-5-7(13-4)6(9(10,11)12)3-15-8(5)14;1-4-2-5-6(13-4)3-7(9(10,11)12)15-8(5)14;1-4-2-5-7(11-4)6(8(10)12)3-14-9(5)13;1-6-4-9(11)12-8-2-3-10-5-7(6)8;2*1-6-5-8(10)12-7-3-2-4-11-9(6)7;1-7-4-2-3-5-8(7)6-9;1-4-2-5-6(9-4)8-3-11-7(5)10/h6H,3-5H2,1-2H3;2*2-3,13H,1H3;2-3,11H,1H3,(H2,10,12);2-5H,1H3;2*5H,2-4H2,1H3;2-5H,1H3;2-3,9H,1H3. The summed E-state index contributed by atoms with van der Waals surface area (Å²) in [6, 6.07) is 24.2. The molecule has 16 heterocycles. The Bertz CT molecular complexity index is 6300. The smallest absolute Gasteiger partial charge is 0.449 e. The highest BCUT2D eigenvalue weighted by atomic mass is 19.4.